The van der Waals surface area contributed by atoms with Crippen molar-refractivity contribution in [2.45, 2.75) is 39.7 Å². The van der Waals surface area contributed by atoms with Gasteiger partial charge in [0.15, 0.2) is 5.96 Å². The van der Waals surface area contributed by atoms with Crippen molar-refractivity contribution in [3.05, 3.63) is 29.0 Å². The fourth-order valence-electron chi connectivity index (χ4n) is 2.41. The molecule has 7 heteroatoms. The second kappa shape index (κ2) is 13.6. The number of rotatable bonds is 9. The number of pyridine rings is 1. The Morgan fingerprint density at radius 2 is 2.00 bits per heavy atom. The highest BCUT2D eigenvalue weighted by Crippen LogP contribution is 2.09. The van der Waals surface area contributed by atoms with Crippen LogP contribution in [0.4, 0.5) is 0 Å². The number of hydrogen-bond donors (Lipinski definition) is 2. The second-order valence-electron chi connectivity index (χ2n) is 6.63. The van der Waals surface area contributed by atoms with Crippen LogP contribution in [0.3, 0.4) is 0 Å². The molecule has 0 aliphatic heterocycles. The maximum absolute atomic E-state index is 5.81. The van der Waals surface area contributed by atoms with Gasteiger partial charge in [0.2, 0.25) is 0 Å². The fourth-order valence-corrected chi connectivity index (χ4v) is 2.52. The summed E-state index contributed by atoms with van der Waals surface area (Å²) in [6.07, 6.45) is 3.85. The summed E-state index contributed by atoms with van der Waals surface area (Å²) < 4.78 is 0. The van der Waals surface area contributed by atoms with Gasteiger partial charge in [-0.2, -0.15) is 0 Å². The normalized spacial score (nSPS) is 12.9. The summed E-state index contributed by atoms with van der Waals surface area (Å²) in [5, 5.41) is 7.23. The van der Waals surface area contributed by atoms with Crippen LogP contribution in [0.2, 0.25) is 5.15 Å². The highest BCUT2D eigenvalue weighted by Gasteiger charge is 2.13. The van der Waals surface area contributed by atoms with E-state index in [1.165, 1.54) is 0 Å². The van der Waals surface area contributed by atoms with E-state index in [0.29, 0.717) is 17.1 Å². The largest absolute Gasteiger partial charge is 0.357 e. The summed E-state index contributed by atoms with van der Waals surface area (Å²) in [6.45, 7) is 9.05. The topological polar surface area (TPSA) is 52.6 Å². The van der Waals surface area contributed by atoms with Crippen molar-refractivity contribution in [1.29, 1.82) is 0 Å². The molecule has 1 heterocycles. The standard InChI is InChI=1S/C18H32ClN5.HI/c1-6-20-18(23-13-16(24(4)5)11-14(2)3)21-10-9-15-7-8-17(19)22-12-15;/h7-8,12,14,16H,6,9-11,13H2,1-5H3,(H2,20,21,23);1H. The minimum Gasteiger partial charge on any atom is -0.357 e. The van der Waals surface area contributed by atoms with E-state index in [9.17, 15) is 0 Å². The summed E-state index contributed by atoms with van der Waals surface area (Å²) >= 11 is 5.81. The van der Waals surface area contributed by atoms with Gasteiger partial charge in [-0.05, 0) is 51.4 Å². The number of guanidine groups is 1. The van der Waals surface area contributed by atoms with Gasteiger partial charge in [-0.15, -0.1) is 24.0 Å². The van der Waals surface area contributed by atoms with Crippen molar-refractivity contribution in [1.82, 2.24) is 20.5 Å². The molecule has 0 aromatic carbocycles. The van der Waals surface area contributed by atoms with Crippen LogP contribution in [-0.4, -0.2) is 55.6 Å². The summed E-state index contributed by atoms with van der Waals surface area (Å²) in [5.41, 5.74) is 1.16. The first-order chi connectivity index (χ1) is 11.4. The Labute approximate surface area is 175 Å². The lowest BCUT2D eigenvalue weighted by atomic mass is 10.0. The average molecular weight is 482 g/mol. The molecule has 0 aliphatic rings. The number of likely N-dealkylation sites (N-methyl/N-ethyl adjacent to an activating group) is 1. The lowest BCUT2D eigenvalue weighted by Crippen LogP contribution is -2.40. The molecule has 0 saturated heterocycles. The molecular weight excluding hydrogens is 449 g/mol. The SMILES string of the molecule is CCNC(=NCC(CC(C)C)N(C)C)NCCc1ccc(Cl)nc1.I. The van der Waals surface area contributed by atoms with E-state index in [-0.39, 0.29) is 24.0 Å². The van der Waals surface area contributed by atoms with Gasteiger partial charge in [-0.1, -0.05) is 31.5 Å². The number of halogens is 2. The molecule has 0 saturated carbocycles. The molecule has 25 heavy (non-hydrogen) atoms. The van der Waals surface area contributed by atoms with Crippen LogP contribution in [0.25, 0.3) is 0 Å². The van der Waals surface area contributed by atoms with E-state index < -0.39 is 0 Å². The molecule has 1 aromatic rings. The lowest BCUT2D eigenvalue weighted by Gasteiger charge is -2.24. The van der Waals surface area contributed by atoms with Gasteiger partial charge < -0.3 is 15.5 Å². The lowest BCUT2D eigenvalue weighted by molar-refractivity contribution is 0.261. The van der Waals surface area contributed by atoms with Crippen molar-refractivity contribution < 1.29 is 0 Å². The van der Waals surface area contributed by atoms with Gasteiger partial charge in [-0.25, -0.2) is 4.98 Å². The Morgan fingerprint density at radius 1 is 1.28 bits per heavy atom. The Bertz CT molecular complexity index is 491. The highest BCUT2D eigenvalue weighted by atomic mass is 127. The zero-order valence-electron chi connectivity index (χ0n) is 16.1. The Hall–Kier alpha value is -0.600. The zero-order valence-corrected chi connectivity index (χ0v) is 19.1. The smallest absolute Gasteiger partial charge is 0.191 e. The number of aromatic nitrogens is 1. The van der Waals surface area contributed by atoms with Crippen LogP contribution in [0.1, 0.15) is 32.8 Å². The molecule has 0 amide bonds. The van der Waals surface area contributed by atoms with Crippen molar-refractivity contribution >= 4 is 41.5 Å². The van der Waals surface area contributed by atoms with Gasteiger partial charge in [0, 0.05) is 25.3 Å². The monoisotopic (exact) mass is 481 g/mol. The molecule has 0 spiro atoms. The number of nitrogens with one attached hydrogen (secondary N) is 2. The first-order valence-electron chi connectivity index (χ1n) is 8.71. The molecule has 0 aliphatic carbocycles. The van der Waals surface area contributed by atoms with Crippen LogP contribution in [0.5, 0.6) is 0 Å². The maximum Gasteiger partial charge on any atom is 0.191 e. The molecule has 144 valence electrons. The van der Waals surface area contributed by atoms with Crippen molar-refractivity contribution in [2.24, 2.45) is 10.9 Å². The Balaban J connectivity index is 0.00000576. The highest BCUT2D eigenvalue weighted by molar-refractivity contribution is 14.0. The molecule has 0 bridgehead atoms. The molecule has 5 nitrogen and oxygen atoms in total. The quantitative estimate of drug-likeness (QED) is 0.246. The first-order valence-corrected chi connectivity index (χ1v) is 9.09. The van der Waals surface area contributed by atoms with Crippen LogP contribution in [-0.2, 0) is 6.42 Å². The van der Waals surface area contributed by atoms with E-state index >= 15 is 0 Å². The Kier molecular flexibility index (Phi) is 13.3. The van der Waals surface area contributed by atoms with E-state index in [1.54, 1.807) is 0 Å². The summed E-state index contributed by atoms with van der Waals surface area (Å²) in [4.78, 5) is 11.1. The molecule has 2 N–H and O–H groups in total. The maximum atomic E-state index is 5.81. The van der Waals surface area contributed by atoms with Crippen molar-refractivity contribution in [3.63, 3.8) is 0 Å². The van der Waals surface area contributed by atoms with Gasteiger partial charge >= 0.3 is 0 Å². The molecule has 0 radical (unpaired) electrons. The molecule has 1 aromatic heterocycles. The second-order valence-corrected chi connectivity index (χ2v) is 7.02. The number of nitrogens with zero attached hydrogens (tertiary/aromatic N) is 3. The molecule has 0 fully saturated rings. The minimum atomic E-state index is 0. The predicted molar refractivity (Wildman–Crippen MR) is 119 cm³/mol. The van der Waals surface area contributed by atoms with Crippen LogP contribution < -0.4 is 10.6 Å². The third-order valence-corrected chi connectivity index (χ3v) is 4.00. The predicted octanol–water partition coefficient (Wildman–Crippen LogP) is 3.43. The van der Waals surface area contributed by atoms with Gasteiger partial charge in [0.05, 0.1) is 6.54 Å². The average Bonchev–Trinajstić information content (AvgIpc) is 2.52. The molecular formula is C18H33ClIN5. The van der Waals surface area contributed by atoms with Crippen LogP contribution in [0.15, 0.2) is 23.3 Å². The molecule has 1 atom stereocenters. The third kappa shape index (κ3) is 10.9. The van der Waals surface area contributed by atoms with E-state index in [0.717, 1.165) is 44.0 Å². The van der Waals surface area contributed by atoms with Gasteiger partial charge in [0.1, 0.15) is 5.15 Å². The van der Waals surface area contributed by atoms with E-state index in [4.69, 9.17) is 16.6 Å². The Morgan fingerprint density at radius 3 is 2.52 bits per heavy atom. The summed E-state index contributed by atoms with van der Waals surface area (Å²) in [5.74, 6) is 1.54. The van der Waals surface area contributed by atoms with Gasteiger partial charge in [0.25, 0.3) is 0 Å². The van der Waals surface area contributed by atoms with Crippen LogP contribution in [0, 0.1) is 5.92 Å². The summed E-state index contributed by atoms with van der Waals surface area (Å²) in [6, 6.07) is 4.29. The van der Waals surface area contributed by atoms with Crippen molar-refractivity contribution in [2.75, 3.05) is 33.7 Å². The van der Waals surface area contributed by atoms with Crippen molar-refractivity contribution in [3.8, 4) is 0 Å². The summed E-state index contributed by atoms with van der Waals surface area (Å²) in [7, 11) is 4.24. The molecule has 1 rings (SSSR count). The first kappa shape index (κ1) is 24.4. The van der Waals surface area contributed by atoms with E-state index in [1.807, 2.05) is 18.3 Å². The fraction of sp³-hybridized carbons (Fsp3) is 0.667. The minimum absolute atomic E-state index is 0. The number of aliphatic imine (C=N–C) groups is 1. The zero-order chi connectivity index (χ0) is 17.9. The third-order valence-electron chi connectivity index (χ3n) is 3.77. The molecule has 1 unspecified atom stereocenters. The van der Waals surface area contributed by atoms with Gasteiger partial charge in [-0.3, -0.25) is 4.99 Å². The van der Waals surface area contributed by atoms with Crippen LogP contribution >= 0.6 is 35.6 Å². The van der Waals surface area contributed by atoms with E-state index in [2.05, 4.69) is 55.4 Å². The number of hydrogen-bond acceptors (Lipinski definition) is 3.